The summed E-state index contributed by atoms with van der Waals surface area (Å²) in [6.45, 7) is 5.12. The Labute approximate surface area is 216 Å². The molecule has 6 rings (SSSR count). The van der Waals surface area contributed by atoms with E-state index < -0.39 is 0 Å². The van der Waals surface area contributed by atoms with E-state index in [1.807, 2.05) is 59.3 Å². The molecule has 4 aromatic rings. The number of piperidine rings is 1. The van der Waals surface area contributed by atoms with Crippen molar-refractivity contribution in [3.05, 3.63) is 107 Å². The van der Waals surface area contributed by atoms with Crippen LogP contribution in [0.2, 0.25) is 0 Å². The molecule has 0 spiro atoms. The number of amides is 1. The van der Waals surface area contributed by atoms with E-state index in [-0.39, 0.29) is 11.5 Å². The Morgan fingerprint density at radius 3 is 2.43 bits per heavy atom. The van der Waals surface area contributed by atoms with E-state index in [1.54, 1.807) is 0 Å². The lowest BCUT2D eigenvalue weighted by Gasteiger charge is -2.43. The lowest BCUT2D eigenvalue weighted by Crippen LogP contribution is -2.46. The summed E-state index contributed by atoms with van der Waals surface area (Å²) in [6, 6.07) is 26.3. The number of aromatic nitrogens is 2. The monoisotopic (exact) mass is 490 g/mol. The molecule has 2 aromatic carbocycles. The Bertz CT molecular complexity index is 1480. The van der Waals surface area contributed by atoms with Gasteiger partial charge in [-0.3, -0.25) is 19.5 Å². The Hall–Kier alpha value is -4.03. The molecular weight excluding hydrogens is 460 g/mol. The van der Waals surface area contributed by atoms with Gasteiger partial charge >= 0.3 is 0 Å². The molecule has 2 bridgehead atoms. The van der Waals surface area contributed by atoms with Crippen LogP contribution in [0.25, 0.3) is 22.4 Å². The summed E-state index contributed by atoms with van der Waals surface area (Å²) in [5.74, 6) is 0.724. The minimum absolute atomic E-state index is 0.0815. The molecule has 2 aliphatic rings. The summed E-state index contributed by atoms with van der Waals surface area (Å²) in [4.78, 5) is 31.8. The number of nitrogens with zero attached hydrogens (tertiary/aromatic N) is 3. The zero-order valence-electron chi connectivity index (χ0n) is 20.9. The topological polar surface area (TPSA) is 67.2 Å². The van der Waals surface area contributed by atoms with E-state index in [0.29, 0.717) is 17.4 Å². The molecule has 4 heterocycles. The predicted octanol–water partition coefficient (Wildman–Crippen LogP) is 5.16. The number of likely N-dealkylation sites (tertiary alicyclic amines) is 1. The van der Waals surface area contributed by atoms with Gasteiger partial charge in [0, 0.05) is 67.7 Å². The highest BCUT2D eigenvalue weighted by Gasteiger charge is 2.35. The second kappa shape index (κ2) is 9.79. The van der Waals surface area contributed by atoms with Crippen LogP contribution in [0.3, 0.4) is 0 Å². The Morgan fingerprint density at radius 2 is 1.70 bits per heavy atom. The number of nitrogens with one attached hydrogen (secondary N) is 1. The highest BCUT2D eigenvalue weighted by molar-refractivity contribution is 5.89. The zero-order valence-corrected chi connectivity index (χ0v) is 20.9. The molecule has 2 atom stereocenters. The van der Waals surface area contributed by atoms with Crippen molar-refractivity contribution < 1.29 is 4.79 Å². The predicted molar refractivity (Wildman–Crippen MR) is 146 cm³/mol. The first kappa shape index (κ1) is 23.4. The molecule has 2 aliphatic heterocycles. The van der Waals surface area contributed by atoms with Crippen molar-refractivity contribution >= 4 is 11.6 Å². The van der Waals surface area contributed by atoms with Crippen molar-refractivity contribution in [1.29, 1.82) is 0 Å². The number of hydrogen-bond acceptors (Lipinski definition) is 4. The van der Waals surface area contributed by atoms with E-state index in [0.717, 1.165) is 60.8 Å². The van der Waals surface area contributed by atoms with Gasteiger partial charge in [-0.05, 0) is 59.9 Å². The van der Waals surface area contributed by atoms with Gasteiger partial charge in [-0.1, -0.05) is 42.5 Å². The van der Waals surface area contributed by atoms with Gasteiger partial charge in [0.25, 0.3) is 5.56 Å². The largest absolute Gasteiger partial charge is 0.326 e. The fourth-order valence-corrected chi connectivity index (χ4v) is 5.90. The summed E-state index contributed by atoms with van der Waals surface area (Å²) >= 11 is 0. The first-order valence-corrected chi connectivity index (χ1v) is 12.9. The summed E-state index contributed by atoms with van der Waals surface area (Å²) in [6.07, 6.45) is 2.96. The molecule has 186 valence electrons. The molecule has 2 aromatic heterocycles. The van der Waals surface area contributed by atoms with Gasteiger partial charge < -0.3 is 9.88 Å². The van der Waals surface area contributed by atoms with Crippen LogP contribution in [-0.2, 0) is 17.9 Å². The van der Waals surface area contributed by atoms with Gasteiger partial charge in [0.05, 0.1) is 5.69 Å². The van der Waals surface area contributed by atoms with Gasteiger partial charge in [-0.25, -0.2) is 0 Å². The lowest BCUT2D eigenvalue weighted by molar-refractivity contribution is -0.114. The Morgan fingerprint density at radius 1 is 0.919 bits per heavy atom. The second-order valence-electron chi connectivity index (χ2n) is 10.3. The van der Waals surface area contributed by atoms with Gasteiger partial charge in [0.2, 0.25) is 5.91 Å². The molecule has 0 radical (unpaired) electrons. The van der Waals surface area contributed by atoms with Crippen molar-refractivity contribution in [1.82, 2.24) is 14.5 Å². The molecule has 0 aliphatic carbocycles. The maximum Gasteiger partial charge on any atom is 0.258 e. The summed E-state index contributed by atoms with van der Waals surface area (Å²) in [7, 11) is 0. The molecule has 1 N–H and O–H groups in total. The Kier molecular flexibility index (Phi) is 6.18. The third-order valence-corrected chi connectivity index (χ3v) is 7.52. The first-order valence-electron chi connectivity index (χ1n) is 12.9. The molecule has 6 heteroatoms. The van der Waals surface area contributed by atoms with Crippen molar-refractivity contribution in [2.45, 2.75) is 32.4 Å². The van der Waals surface area contributed by atoms with Crippen LogP contribution >= 0.6 is 0 Å². The van der Waals surface area contributed by atoms with Gasteiger partial charge in [-0.2, -0.15) is 0 Å². The van der Waals surface area contributed by atoms with Crippen molar-refractivity contribution in [3.8, 4) is 22.4 Å². The SMILES string of the molecule is CC(=O)Nc1ccc(-c2ccc3n(c2=O)C[C@@H]2C[C@@H]3CN(Cc3ccc(-c4ccccn4)cc3)C2)cc1. The first-order chi connectivity index (χ1) is 18.0. The van der Waals surface area contributed by atoms with Crippen LogP contribution in [0.15, 0.2) is 89.9 Å². The fraction of sp³-hybridized carbons (Fsp3) is 0.258. The standard InChI is InChI=1S/C31H30N4O2/c1-21(36)33-27-11-9-24(10-12-27)28-13-14-30-26-16-23(19-35(30)31(28)37)18-34(20-26)17-22-5-7-25(8-6-22)29-4-2-3-15-32-29/h2-15,23,26H,16-20H2,1H3,(H,33,36)/t23-,26-/m1/s1. The van der Waals surface area contributed by atoms with Gasteiger partial charge in [-0.15, -0.1) is 0 Å². The fourth-order valence-electron chi connectivity index (χ4n) is 5.90. The van der Waals surface area contributed by atoms with Crippen LogP contribution in [0.1, 0.15) is 30.5 Å². The number of hydrogen-bond donors (Lipinski definition) is 1. The average molecular weight is 491 g/mol. The van der Waals surface area contributed by atoms with E-state index in [4.69, 9.17) is 0 Å². The Balaban J connectivity index is 1.18. The van der Waals surface area contributed by atoms with E-state index >= 15 is 0 Å². The molecule has 6 nitrogen and oxygen atoms in total. The molecule has 1 saturated heterocycles. The summed E-state index contributed by atoms with van der Waals surface area (Å²) in [5.41, 5.74) is 6.97. The van der Waals surface area contributed by atoms with E-state index in [9.17, 15) is 9.59 Å². The third-order valence-electron chi connectivity index (χ3n) is 7.52. The summed E-state index contributed by atoms with van der Waals surface area (Å²) in [5, 5.41) is 2.78. The molecule has 1 fully saturated rings. The number of anilines is 1. The minimum Gasteiger partial charge on any atom is -0.326 e. The molecule has 37 heavy (non-hydrogen) atoms. The van der Waals surface area contributed by atoms with Crippen molar-refractivity contribution in [3.63, 3.8) is 0 Å². The molecule has 0 unspecified atom stereocenters. The van der Waals surface area contributed by atoms with Gasteiger partial charge in [0.1, 0.15) is 0 Å². The average Bonchev–Trinajstić information content (AvgIpc) is 2.90. The lowest BCUT2D eigenvalue weighted by atomic mass is 9.82. The van der Waals surface area contributed by atoms with Crippen molar-refractivity contribution in [2.24, 2.45) is 5.92 Å². The summed E-state index contributed by atoms with van der Waals surface area (Å²) < 4.78 is 2.01. The van der Waals surface area contributed by atoms with Crippen LogP contribution < -0.4 is 10.9 Å². The number of carbonyl (C=O) groups is 1. The molecule has 1 amide bonds. The van der Waals surface area contributed by atoms with Crippen molar-refractivity contribution in [2.75, 3.05) is 18.4 Å². The number of pyridine rings is 2. The second-order valence-corrected chi connectivity index (χ2v) is 10.3. The smallest absolute Gasteiger partial charge is 0.258 e. The minimum atomic E-state index is -0.108. The van der Waals surface area contributed by atoms with E-state index in [2.05, 4.69) is 45.5 Å². The quantitative estimate of drug-likeness (QED) is 0.420. The van der Waals surface area contributed by atoms with Crippen LogP contribution in [-0.4, -0.2) is 33.4 Å². The van der Waals surface area contributed by atoms with Gasteiger partial charge in [0.15, 0.2) is 0 Å². The number of rotatable bonds is 5. The molecular formula is C31H30N4O2. The number of fused-ring (bicyclic) bond motifs is 4. The highest BCUT2D eigenvalue weighted by Crippen LogP contribution is 2.36. The zero-order chi connectivity index (χ0) is 25.4. The molecule has 0 saturated carbocycles. The maximum absolute atomic E-state index is 13.5. The maximum atomic E-state index is 13.5. The van der Waals surface area contributed by atoms with Crippen LogP contribution in [0.5, 0.6) is 0 Å². The van der Waals surface area contributed by atoms with Crippen LogP contribution in [0, 0.1) is 5.92 Å². The highest BCUT2D eigenvalue weighted by atomic mass is 16.1. The third kappa shape index (κ3) is 4.85. The number of benzene rings is 2. The normalized spacial score (nSPS) is 18.7. The number of carbonyl (C=O) groups excluding carboxylic acids is 1. The van der Waals surface area contributed by atoms with E-state index in [1.165, 1.54) is 12.5 Å². The van der Waals surface area contributed by atoms with Crippen LogP contribution in [0.4, 0.5) is 5.69 Å².